The normalized spacial score (nSPS) is 12.4. The first kappa shape index (κ1) is 15.1. The molecule has 0 atom stereocenters. The molecule has 0 saturated carbocycles. The molecule has 5 nitrogen and oxygen atoms in total. The van der Waals surface area contributed by atoms with Gasteiger partial charge in [-0.1, -0.05) is 0 Å². The molecule has 1 aromatic rings. The van der Waals surface area contributed by atoms with Gasteiger partial charge in [0.1, 0.15) is 0 Å². The molecule has 1 rings (SSSR count). The van der Waals surface area contributed by atoms with Crippen LogP contribution in [0.3, 0.4) is 0 Å². The summed E-state index contributed by atoms with van der Waals surface area (Å²) in [6.07, 6.45) is 1.32. The first-order chi connectivity index (χ1) is 8.17. The van der Waals surface area contributed by atoms with Crippen molar-refractivity contribution in [2.24, 2.45) is 0 Å². The Morgan fingerprint density at radius 3 is 2.56 bits per heavy atom. The predicted octanol–water partition coefficient (Wildman–Crippen LogP) is 1.58. The van der Waals surface area contributed by atoms with Gasteiger partial charge in [-0.05, 0) is 32.9 Å². The topological polar surface area (TPSA) is 76.1 Å². The molecule has 18 heavy (non-hydrogen) atoms. The Morgan fingerprint density at radius 2 is 2.06 bits per heavy atom. The van der Waals surface area contributed by atoms with Crippen LogP contribution < -0.4 is 4.72 Å². The minimum atomic E-state index is -3.84. The predicted molar refractivity (Wildman–Crippen MR) is 69.4 cm³/mol. The molecule has 0 unspecified atom stereocenters. The molecule has 0 aliphatic carbocycles. The fraction of sp³-hybridized carbons (Fsp3) is 0.455. The summed E-state index contributed by atoms with van der Waals surface area (Å²) >= 11 is 5.45. The van der Waals surface area contributed by atoms with Crippen LogP contribution in [0.25, 0.3) is 0 Å². The number of carbonyl (C=O) groups is 1. The van der Waals surface area contributed by atoms with Gasteiger partial charge in [0.25, 0.3) is 10.0 Å². The zero-order valence-corrected chi connectivity index (χ0v) is 12.0. The van der Waals surface area contributed by atoms with Crippen molar-refractivity contribution < 1.29 is 13.2 Å². The molecule has 1 heterocycles. The molecule has 0 aromatic carbocycles. The molecule has 0 radical (unpaired) electrons. The summed E-state index contributed by atoms with van der Waals surface area (Å²) < 4.78 is 26.7. The Balaban J connectivity index is 3.29. The van der Waals surface area contributed by atoms with E-state index in [1.807, 2.05) is 0 Å². The number of Topliss-reactive ketones (excluding diaryl/α,β-unsaturated/α-hetero) is 1. The van der Waals surface area contributed by atoms with Gasteiger partial charge in [-0.15, -0.1) is 11.6 Å². The van der Waals surface area contributed by atoms with E-state index in [4.69, 9.17) is 11.6 Å². The highest BCUT2D eigenvalue weighted by atomic mass is 35.5. The third-order valence-corrected chi connectivity index (χ3v) is 3.85. The number of aromatic nitrogens is 1. The Labute approximate surface area is 112 Å². The monoisotopic (exact) mass is 290 g/mol. The lowest BCUT2D eigenvalue weighted by Gasteiger charge is -2.20. The molecule has 0 spiro atoms. The second kappa shape index (κ2) is 5.34. The van der Waals surface area contributed by atoms with Crippen LogP contribution in [-0.4, -0.2) is 30.6 Å². The van der Waals surface area contributed by atoms with Crippen LogP contribution in [0, 0.1) is 0 Å². The Morgan fingerprint density at radius 1 is 1.44 bits per heavy atom. The largest absolute Gasteiger partial charge is 0.293 e. The lowest BCUT2D eigenvalue weighted by atomic mass is 10.1. The number of alkyl halides is 1. The van der Waals surface area contributed by atoms with Crippen molar-refractivity contribution in [3.63, 3.8) is 0 Å². The molecule has 0 aliphatic heterocycles. The maximum Gasteiger partial charge on any atom is 0.259 e. The summed E-state index contributed by atoms with van der Waals surface area (Å²) in [6.45, 7) is 5.11. The van der Waals surface area contributed by atoms with Gasteiger partial charge in [-0.3, -0.25) is 4.79 Å². The maximum atomic E-state index is 12.1. The number of nitrogens with one attached hydrogen (secondary N) is 1. The van der Waals surface area contributed by atoms with Gasteiger partial charge in [0.05, 0.1) is 11.4 Å². The van der Waals surface area contributed by atoms with E-state index in [-0.39, 0.29) is 16.5 Å². The van der Waals surface area contributed by atoms with Crippen molar-refractivity contribution in [3.05, 3.63) is 23.9 Å². The second-order valence-electron chi connectivity index (χ2n) is 4.77. The quantitative estimate of drug-likeness (QED) is 0.675. The number of nitrogens with zero attached hydrogens (tertiary/aromatic N) is 1. The van der Waals surface area contributed by atoms with Crippen molar-refractivity contribution >= 4 is 27.4 Å². The fourth-order valence-corrected chi connectivity index (χ4v) is 3.06. The van der Waals surface area contributed by atoms with E-state index in [0.29, 0.717) is 0 Å². The molecule has 0 bridgehead atoms. The van der Waals surface area contributed by atoms with E-state index >= 15 is 0 Å². The average Bonchev–Trinajstić information content (AvgIpc) is 2.25. The minimum Gasteiger partial charge on any atom is -0.293 e. The van der Waals surface area contributed by atoms with Gasteiger partial charge in [0, 0.05) is 11.7 Å². The van der Waals surface area contributed by atoms with E-state index in [2.05, 4.69) is 9.71 Å². The van der Waals surface area contributed by atoms with Crippen molar-refractivity contribution in [1.82, 2.24) is 9.71 Å². The number of sulfonamides is 1. The van der Waals surface area contributed by atoms with E-state index in [1.54, 1.807) is 20.8 Å². The van der Waals surface area contributed by atoms with Crippen molar-refractivity contribution in [1.29, 1.82) is 0 Å². The van der Waals surface area contributed by atoms with E-state index in [9.17, 15) is 13.2 Å². The minimum absolute atomic E-state index is 0.00394. The number of pyridine rings is 1. The molecule has 1 aromatic heterocycles. The number of ketones is 1. The summed E-state index contributed by atoms with van der Waals surface area (Å²) in [5, 5.41) is -0.287. The molecule has 0 aliphatic rings. The number of hydrogen-bond acceptors (Lipinski definition) is 4. The van der Waals surface area contributed by atoms with Crippen molar-refractivity contribution in [2.75, 3.05) is 5.88 Å². The molecule has 100 valence electrons. The van der Waals surface area contributed by atoms with Gasteiger partial charge >= 0.3 is 0 Å². The molecular weight excluding hydrogens is 276 g/mol. The van der Waals surface area contributed by atoms with E-state index in [1.165, 1.54) is 18.3 Å². The standard InChI is InChI=1S/C11H15ClN2O3S/c1-11(2,3)14-18(16,17)10-8(9(15)7-12)5-4-6-13-10/h4-6,14H,7H2,1-3H3. The highest BCUT2D eigenvalue weighted by Gasteiger charge is 2.27. The molecule has 0 saturated heterocycles. The maximum absolute atomic E-state index is 12.1. The Kier molecular flexibility index (Phi) is 4.47. The van der Waals surface area contributed by atoms with Gasteiger partial charge in [-0.25, -0.2) is 18.1 Å². The first-order valence-corrected chi connectivity index (χ1v) is 7.27. The molecular formula is C11H15ClN2O3S. The number of hydrogen-bond donors (Lipinski definition) is 1. The van der Waals surface area contributed by atoms with Crippen LogP contribution in [0.15, 0.2) is 23.4 Å². The zero-order valence-electron chi connectivity index (χ0n) is 10.4. The van der Waals surface area contributed by atoms with Gasteiger partial charge < -0.3 is 0 Å². The van der Waals surface area contributed by atoms with Gasteiger partial charge in [0.15, 0.2) is 10.8 Å². The lowest BCUT2D eigenvalue weighted by molar-refractivity contribution is 0.101. The lowest BCUT2D eigenvalue weighted by Crippen LogP contribution is -2.41. The summed E-state index contributed by atoms with van der Waals surface area (Å²) in [4.78, 5) is 15.4. The average molecular weight is 291 g/mol. The zero-order chi connectivity index (χ0) is 14.0. The van der Waals surface area contributed by atoms with Crippen LogP contribution in [0.2, 0.25) is 0 Å². The van der Waals surface area contributed by atoms with Crippen LogP contribution in [0.1, 0.15) is 31.1 Å². The summed E-state index contributed by atoms with van der Waals surface area (Å²) in [7, 11) is -3.84. The number of halogens is 1. The third kappa shape index (κ3) is 3.76. The number of carbonyl (C=O) groups excluding carboxylic acids is 1. The fourth-order valence-electron chi connectivity index (χ4n) is 1.34. The van der Waals surface area contributed by atoms with E-state index < -0.39 is 21.3 Å². The number of rotatable bonds is 4. The summed E-state index contributed by atoms with van der Waals surface area (Å²) in [6, 6.07) is 2.89. The third-order valence-electron chi connectivity index (χ3n) is 1.89. The van der Waals surface area contributed by atoms with Crippen LogP contribution in [-0.2, 0) is 10.0 Å². The van der Waals surface area contributed by atoms with Crippen LogP contribution in [0.4, 0.5) is 0 Å². The summed E-state index contributed by atoms with van der Waals surface area (Å²) in [5.74, 6) is -0.761. The highest BCUT2D eigenvalue weighted by Crippen LogP contribution is 2.16. The Hall–Kier alpha value is -0.980. The van der Waals surface area contributed by atoms with Crippen LogP contribution in [0.5, 0.6) is 0 Å². The molecule has 1 N–H and O–H groups in total. The second-order valence-corrected chi connectivity index (χ2v) is 6.63. The first-order valence-electron chi connectivity index (χ1n) is 5.25. The SMILES string of the molecule is CC(C)(C)NS(=O)(=O)c1ncccc1C(=O)CCl. The smallest absolute Gasteiger partial charge is 0.259 e. The molecule has 0 amide bonds. The van der Waals surface area contributed by atoms with Crippen molar-refractivity contribution in [2.45, 2.75) is 31.3 Å². The van der Waals surface area contributed by atoms with Crippen molar-refractivity contribution in [3.8, 4) is 0 Å². The highest BCUT2D eigenvalue weighted by molar-refractivity contribution is 7.89. The van der Waals surface area contributed by atoms with Gasteiger partial charge in [-0.2, -0.15) is 0 Å². The van der Waals surface area contributed by atoms with E-state index in [0.717, 1.165) is 0 Å². The summed E-state index contributed by atoms with van der Waals surface area (Å²) in [5.41, 5.74) is -0.651. The molecule has 7 heteroatoms. The molecule has 0 fully saturated rings. The van der Waals surface area contributed by atoms with Crippen LogP contribution >= 0.6 is 11.6 Å². The van der Waals surface area contributed by atoms with Gasteiger partial charge in [0.2, 0.25) is 0 Å². The Bertz CT molecular complexity index is 550.